The molecule has 0 saturated carbocycles. The van der Waals surface area contributed by atoms with Crippen molar-refractivity contribution in [3.8, 4) is 0 Å². The number of aliphatic hydroxyl groups excluding tert-OH is 2. The van der Waals surface area contributed by atoms with E-state index in [4.69, 9.17) is 0 Å². The third kappa shape index (κ3) is 52.4. The molecule has 0 aliphatic carbocycles. The van der Waals surface area contributed by atoms with Gasteiger partial charge in [-0.2, -0.15) is 0 Å². The van der Waals surface area contributed by atoms with Gasteiger partial charge in [-0.25, -0.2) is 0 Å². The van der Waals surface area contributed by atoms with Crippen LogP contribution in [0.2, 0.25) is 0 Å². The predicted octanol–water partition coefficient (Wildman–Crippen LogP) is 19.9. The highest BCUT2D eigenvalue weighted by molar-refractivity contribution is 5.76. The molecule has 0 radical (unpaired) electrons. The highest BCUT2D eigenvalue weighted by Gasteiger charge is 2.20. The molecular formula is C60H121NO3. The molecule has 0 aromatic rings. The molecule has 1 amide bonds. The van der Waals surface area contributed by atoms with Crippen molar-refractivity contribution in [1.29, 1.82) is 0 Å². The summed E-state index contributed by atoms with van der Waals surface area (Å²) in [7, 11) is 0. The lowest BCUT2D eigenvalue weighted by Crippen LogP contribution is -2.45. The van der Waals surface area contributed by atoms with Gasteiger partial charge in [-0.15, -0.1) is 0 Å². The number of aliphatic hydroxyl groups is 2. The van der Waals surface area contributed by atoms with E-state index in [1.807, 2.05) is 0 Å². The molecule has 0 saturated heterocycles. The Morgan fingerprint density at radius 1 is 0.312 bits per heavy atom. The summed E-state index contributed by atoms with van der Waals surface area (Å²) in [6.07, 6.45) is 72.6. The summed E-state index contributed by atoms with van der Waals surface area (Å²) in [4.78, 5) is 12.5. The van der Waals surface area contributed by atoms with E-state index in [0.717, 1.165) is 25.7 Å². The number of carbonyl (C=O) groups excluding carboxylic acids is 1. The van der Waals surface area contributed by atoms with Crippen molar-refractivity contribution in [3.63, 3.8) is 0 Å². The Kier molecular flexibility index (Phi) is 56.2. The van der Waals surface area contributed by atoms with Gasteiger partial charge in [-0.3, -0.25) is 4.79 Å². The fourth-order valence-corrected chi connectivity index (χ4v) is 10.0. The van der Waals surface area contributed by atoms with Crippen LogP contribution in [0, 0.1) is 0 Å². The van der Waals surface area contributed by atoms with Crippen LogP contribution in [0.25, 0.3) is 0 Å². The quantitative estimate of drug-likeness (QED) is 0.0533. The van der Waals surface area contributed by atoms with Crippen LogP contribution in [0.1, 0.15) is 361 Å². The number of hydrogen-bond acceptors (Lipinski definition) is 3. The molecular weight excluding hydrogens is 783 g/mol. The van der Waals surface area contributed by atoms with Gasteiger partial charge in [0.2, 0.25) is 5.91 Å². The highest BCUT2D eigenvalue weighted by atomic mass is 16.3. The molecule has 0 aromatic carbocycles. The van der Waals surface area contributed by atoms with Crippen LogP contribution in [-0.4, -0.2) is 34.9 Å². The van der Waals surface area contributed by atoms with Crippen molar-refractivity contribution >= 4 is 5.91 Å². The van der Waals surface area contributed by atoms with E-state index in [9.17, 15) is 15.0 Å². The lowest BCUT2D eigenvalue weighted by Gasteiger charge is -2.22. The van der Waals surface area contributed by atoms with E-state index in [1.54, 1.807) is 0 Å². The lowest BCUT2D eigenvalue weighted by atomic mass is 10.0. The van der Waals surface area contributed by atoms with Gasteiger partial charge in [0.15, 0.2) is 0 Å². The van der Waals surface area contributed by atoms with Crippen LogP contribution in [0.5, 0.6) is 0 Å². The van der Waals surface area contributed by atoms with Crippen LogP contribution < -0.4 is 5.32 Å². The first-order chi connectivity index (χ1) is 31.7. The van der Waals surface area contributed by atoms with Crippen molar-refractivity contribution < 1.29 is 15.0 Å². The molecule has 0 aromatic heterocycles. The van der Waals surface area contributed by atoms with Crippen molar-refractivity contribution in [3.05, 3.63) is 0 Å². The summed E-state index contributed by atoms with van der Waals surface area (Å²) >= 11 is 0. The van der Waals surface area contributed by atoms with E-state index in [-0.39, 0.29) is 12.5 Å². The smallest absolute Gasteiger partial charge is 0.220 e. The SMILES string of the molecule is CCCCCCCCCCCCCCCCCCCCCCCCCCCCCCCCCC(=O)NC(CO)C(O)CCCCCCCCCCCCCCCCCCCCCCC. The van der Waals surface area contributed by atoms with E-state index < -0.39 is 12.1 Å². The van der Waals surface area contributed by atoms with E-state index in [2.05, 4.69) is 19.2 Å². The maximum Gasteiger partial charge on any atom is 0.220 e. The van der Waals surface area contributed by atoms with Crippen LogP contribution in [0.3, 0.4) is 0 Å². The molecule has 384 valence electrons. The van der Waals surface area contributed by atoms with E-state index in [0.29, 0.717) is 12.8 Å². The molecule has 0 aliphatic rings. The van der Waals surface area contributed by atoms with Crippen molar-refractivity contribution in [2.75, 3.05) is 6.61 Å². The van der Waals surface area contributed by atoms with Crippen LogP contribution in [0.4, 0.5) is 0 Å². The van der Waals surface area contributed by atoms with E-state index in [1.165, 1.54) is 308 Å². The highest BCUT2D eigenvalue weighted by Crippen LogP contribution is 2.19. The number of carbonyl (C=O) groups is 1. The lowest BCUT2D eigenvalue weighted by molar-refractivity contribution is -0.123. The van der Waals surface area contributed by atoms with Crippen molar-refractivity contribution in [2.24, 2.45) is 0 Å². The number of amides is 1. The number of unbranched alkanes of at least 4 members (excludes halogenated alkanes) is 50. The Labute approximate surface area is 404 Å². The summed E-state index contributed by atoms with van der Waals surface area (Å²) in [5.41, 5.74) is 0. The van der Waals surface area contributed by atoms with Gasteiger partial charge >= 0.3 is 0 Å². The number of rotatable bonds is 57. The summed E-state index contributed by atoms with van der Waals surface area (Å²) in [5.74, 6) is -0.0210. The number of nitrogens with one attached hydrogen (secondary N) is 1. The Balaban J connectivity index is 3.37. The molecule has 2 unspecified atom stereocenters. The first kappa shape index (κ1) is 63.4. The molecule has 3 N–H and O–H groups in total. The first-order valence-electron chi connectivity index (χ1n) is 30.2. The Morgan fingerprint density at radius 2 is 0.500 bits per heavy atom. The first-order valence-corrected chi connectivity index (χ1v) is 30.2. The molecule has 0 rings (SSSR count). The molecule has 0 spiro atoms. The minimum atomic E-state index is -0.655. The molecule has 0 heterocycles. The normalized spacial score (nSPS) is 12.6. The van der Waals surface area contributed by atoms with Gasteiger partial charge in [-0.05, 0) is 12.8 Å². The third-order valence-electron chi connectivity index (χ3n) is 14.6. The second-order valence-corrected chi connectivity index (χ2v) is 21.1. The van der Waals surface area contributed by atoms with Gasteiger partial charge in [0.05, 0.1) is 18.8 Å². The van der Waals surface area contributed by atoms with Gasteiger partial charge in [-0.1, -0.05) is 341 Å². The van der Waals surface area contributed by atoms with Gasteiger partial charge in [0.25, 0.3) is 0 Å². The second-order valence-electron chi connectivity index (χ2n) is 21.1. The second kappa shape index (κ2) is 56.7. The fourth-order valence-electron chi connectivity index (χ4n) is 10.0. The zero-order valence-corrected chi connectivity index (χ0v) is 44.3. The summed E-state index contributed by atoms with van der Waals surface area (Å²) < 4.78 is 0. The fraction of sp³-hybridized carbons (Fsp3) is 0.983. The predicted molar refractivity (Wildman–Crippen MR) is 286 cm³/mol. The Hall–Kier alpha value is -0.610. The molecule has 4 heteroatoms. The largest absolute Gasteiger partial charge is 0.394 e. The molecule has 64 heavy (non-hydrogen) atoms. The molecule has 2 atom stereocenters. The van der Waals surface area contributed by atoms with E-state index >= 15 is 0 Å². The average Bonchev–Trinajstić information content (AvgIpc) is 3.30. The number of hydrogen-bond donors (Lipinski definition) is 3. The van der Waals surface area contributed by atoms with Gasteiger partial charge < -0.3 is 15.5 Å². The molecule has 0 bridgehead atoms. The monoisotopic (exact) mass is 904 g/mol. The summed E-state index contributed by atoms with van der Waals surface area (Å²) in [5, 5.41) is 23.4. The summed E-state index contributed by atoms with van der Waals surface area (Å²) in [6, 6.07) is -0.531. The molecule has 4 nitrogen and oxygen atoms in total. The van der Waals surface area contributed by atoms with Crippen LogP contribution in [-0.2, 0) is 4.79 Å². The zero-order chi connectivity index (χ0) is 46.3. The van der Waals surface area contributed by atoms with Crippen molar-refractivity contribution in [1.82, 2.24) is 5.32 Å². The standard InChI is InChI=1S/C60H121NO3/c1-3-5-7-9-11-13-15-17-19-21-23-25-26-27-28-29-30-31-32-33-34-36-38-40-42-44-46-48-50-52-54-56-60(64)61-58(57-62)59(63)55-53-51-49-47-45-43-41-39-37-35-24-22-20-18-16-14-12-10-8-6-4-2/h58-59,62-63H,3-57H2,1-2H3,(H,61,64). The van der Waals surface area contributed by atoms with Crippen LogP contribution >= 0.6 is 0 Å². The van der Waals surface area contributed by atoms with Crippen LogP contribution in [0.15, 0.2) is 0 Å². The molecule has 0 fully saturated rings. The molecule has 0 aliphatic heterocycles. The topological polar surface area (TPSA) is 69.6 Å². The minimum Gasteiger partial charge on any atom is -0.394 e. The maximum atomic E-state index is 12.5. The summed E-state index contributed by atoms with van der Waals surface area (Å²) in [6.45, 7) is 4.41. The third-order valence-corrected chi connectivity index (χ3v) is 14.6. The Morgan fingerprint density at radius 3 is 0.703 bits per heavy atom. The minimum absolute atomic E-state index is 0.0210. The maximum absolute atomic E-state index is 12.5. The van der Waals surface area contributed by atoms with Crippen molar-refractivity contribution in [2.45, 2.75) is 373 Å². The Bertz CT molecular complexity index is 849. The zero-order valence-electron chi connectivity index (χ0n) is 44.3. The van der Waals surface area contributed by atoms with Gasteiger partial charge in [0, 0.05) is 6.42 Å². The van der Waals surface area contributed by atoms with Gasteiger partial charge in [0.1, 0.15) is 0 Å². The average molecular weight is 905 g/mol.